The maximum atomic E-state index is 12.4. The van der Waals surface area contributed by atoms with Crippen molar-refractivity contribution in [3.8, 4) is 5.75 Å². The van der Waals surface area contributed by atoms with E-state index < -0.39 is 6.36 Å². The first kappa shape index (κ1) is 19.4. The molecule has 2 aromatic heterocycles. The standard InChI is InChI=1S/C17H20F3N5OS/c1-11(2)3-4-12-10-24(23-22-12)7-8-25-14-6-5-13(26-17(18,19)20)9-15(14)27-16(25)21/h5-6,9-11,21H,3-4,7-8H2,1-2H3. The molecule has 0 bridgehead atoms. The van der Waals surface area contributed by atoms with Crippen LogP contribution in [0.5, 0.6) is 5.75 Å². The highest BCUT2D eigenvalue weighted by atomic mass is 32.1. The lowest BCUT2D eigenvalue weighted by molar-refractivity contribution is -0.274. The summed E-state index contributed by atoms with van der Waals surface area (Å²) in [6.07, 6.45) is -0.916. The molecule has 10 heteroatoms. The first-order valence-electron chi connectivity index (χ1n) is 8.54. The molecule has 0 unspecified atom stereocenters. The van der Waals surface area contributed by atoms with Crippen LogP contribution in [0, 0.1) is 11.3 Å². The lowest BCUT2D eigenvalue weighted by Crippen LogP contribution is -2.17. The number of halogens is 3. The Hall–Kier alpha value is -2.36. The summed E-state index contributed by atoms with van der Waals surface area (Å²) in [4.78, 5) is 0.259. The van der Waals surface area contributed by atoms with Crippen LogP contribution in [-0.2, 0) is 19.5 Å². The van der Waals surface area contributed by atoms with Gasteiger partial charge in [-0.2, -0.15) is 0 Å². The topological polar surface area (TPSA) is 68.7 Å². The van der Waals surface area contributed by atoms with Crippen LogP contribution in [0.4, 0.5) is 13.2 Å². The van der Waals surface area contributed by atoms with Gasteiger partial charge in [-0.05, 0) is 37.0 Å². The number of thiazole rings is 1. The number of hydrogen-bond donors (Lipinski definition) is 1. The third-order valence-electron chi connectivity index (χ3n) is 4.02. The lowest BCUT2D eigenvalue weighted by atomic mass is 10.1. The Kier molecular flexibility index (Phi) is 5.54. The normalized spacial score (nSPS) is 12.2. The van der Waals surface area contributed by atoms with Crippen molar-refractivity contribution in [2.24, 2.45) is 5.92 Å². The molecule has 0 aliphatic heterocycles. The minimum Gasteiger partial charge on any atom is -0.406 e. The van der Waals surface area contributed by atoms with E-state index in [0.717, 1.165) is 29.9 Å². The zero-order valence-corrected chi connectivity index (χ0v) is 15.8. The zero-order valence-electron chi connectivity index (χ0n) is 15.0. The fraction of sp³-hybridized carbons (Fsp3) is 0.471. The summed E-state index contributed by atoms with van der Waals surface area (Å²) in [5, 5.41) is 16.4. The van der Waals surface area contributed by atoms with E-state index in [1.807, 2.05) is 6.20 Å². The SMILES string of the molecule is CC(C)CCc1cn(CCn2c(=N)sc3cc(OC(F)(F)F)ccc32)nn1. The molecule has 0 fully saturated rings. The largest absolute Gasteiger partial charge is 0.573 e. The molecule has 3 aromatic rings. The number of nitrogens with one attached hydrogen (secondary N) is 1. The molecule has 6 nitrogen and oxygen atoms in total. The van der Waals surface area contributed by atoms with Crippen molar-refractivity contribution >= 4 is 21.6 Å². The number of benzene rings is 1. The number of nitrogens with zero attached hydrogens (tertiary/aromatic N) is 4. The summed E-state index contributed by atoms with van der Waals surface area (Å²) in [6.45, 7) is 5.32. The van der Waals surface area contributed by atoms with Crippen LogP contribution in [0.15, 0.2) is 24.4 Å². The van der Waals surface area contributed by atoms with E-state index in [2.05, 4.69) is 28.9 Å². The molecule has 0 amide bonds. The monoisotopic (exact) mass is 399 g/mol. The fourth-order valence-corrected chi connectivity index (χ4v) is 3.65. The molecular formula is C17H20F3N5OS. The van der Waals surface area contributed by atoms with E-state index in [4.69, 9.17) is 5.41 Å². The Balaban J connectivity index is 1.72. The van der Waals surface area contributed by atoms with Crippen molar-refractivity contribution < 1.29 is 17.9 Å². The molecule has 0 spiro atoms. The minimum absolute atomic E-state index is 0.259. The fourth-order valence-electron chi connectivity index (χ4n) is 2.69. The number of rotatable bonds is 7. The number of hydrogen-bond acceptors (Lipinski definition) is 5. The molecule has 1 N–H and O–H groups in total. The van der Waals surface area contributed by atoms with Crippen LogP contribution in [0.2, 0.25) is 0 Å². The number of alkyl halides is 3. The highest BCUT2D eigenvalue weighted by Gasteiger charge is 2.31. The van der Waals surface area contributed by atoms with Crippen LogP contribution < -0.4 is 9.54 Å². The van der Waals surface area contributed by atoms with Gasteiger partial charge in [-0.3, -0.25) is 10.1 Å². The maximum Gasteiger partial charge on any atom is 0.573 e. The number of aromatic nitrogens is 4. The number of ether oxygens (including phenoxy) is 1. The quantitative estimate of drug-likeness (QED) is 0.654. The summed E-state index contributed by atoms with van der Waals surface area (Å²) in [6, 6.07) is 4.11. The smallest absolute Gasteiger partial charge is 0.406 e. The van der Waals surface area contributed by atoms with Crippen molar-refractivity contribution in [1.29, 1.82) is 5.41 Å². The molecule has 0 radical (unpaired) electrons. The van der Waals surface area contributed by atoms with E-state index in [1.54, 1.807) is 15.3 Å². The molecule has 2 heterocycles. The summed E-state index contributed by atoms with van der Waals surface area (Å²) in [5.74, 6) is 0.314. The van der Waals surface area contributed by atoms with E-state index in [1.165, 1.54) is 12.1 Å². The second-order valence-electron chi connectivity index (χ2n) is 6.64. The molecule has 1 aromatic carbocycles. The first-order chi connectivity index (χ1) is 12.7. The van der Waals surface area contributed by atoms with E-state index in [9.17, 15) is 13.2 Å². The van der Waals surface area contributed by atoms with Gasteiger partial charge >= 0.3 is 6.36 Å². The van der Waals surface area contributed by atoms with Crippen molar-refractivity contribution in [3.63, 3.8) is 0 Å². The van der Waals surface area contributed by atoms with E-state index in [-0.39, 0.29) is 10.6 Å². The summed E-state index contributed by atoms with van der Waals surface area (Å²) in [5.41, 5.74) is 1.63. The van der Waals surface area contributed by atoms with Gasteiger partial charge < -0.3 is 9.30 Å². The summed E-state index contributed by atoms with van der Waals surface area (Å²) in [7, 11) is 0. The predicted octanol–water partition coefficient (Wildman–Crippen LogP) is 3.96. The average Bonchev–Trinajstić information content (AvgIpc) is 3.12. The van der Waals surface area contributed by atoms with Crippen molar-refractivity contribution in [3.05, 3.63) is 34.9 Å². The Morgan fingerprint density at radius 1 is 1.26 bits per heavy atom. The van der Waals surface area contributed by atoms with Crippen LogP contribution in [0.1, 0.15) is 26.0 Å². The Labute approximate surface area is 157 Å². The molecule has 0 saturated heterocycles. The molecule has 146 valence electrons. The predicted molar refractivity (Wildman–Crippen MR) is 95.5 cm³/mol. The summed E-state index contributed by atoms with van der Waals surface area (Å²) < 4.78 is 45.1. The Morgan fingerprint density at radius 2 is 2.04 bits per heavy atom. The molecule has 0 saturated carbocycles. The molecular weight excluding hydrogens is 379 g/mol. The van der Waals surface area contributed by atoms with Crippen LogP contribution >= 0.6 is 11.3 Å². The van der Waals surface area contributed by atoms with Gasteiger partial charge in [0.15, 0.2) is 4.80 Å². The molecule has 0 aliphatic rings. The third-order valence-corrected chi connectivity index (χ3v) is 4.98. The molecule has 3 rings (SSSR count). The van der Waals surface area contributed by atoms with Gasteiger partial charge in [-0.1, -0.05) is 30.4 Å². The van der Waals surface area contributed by atoms with E-state index >= 15 is 0 Å². The Morgan fingerprint density at radius 3 is 2.74 bits per heavy atom. The highest BCUT2D eigenvalue weighted by Crippen LogP contribution is 2.27. The van der Waals surface area contributed by atoms with Crippen LogP contribution in [0.3, 0.4) is 0 Å². The maximum absolute atomic E-state index is 12.4. The molecule has 27 heavy (non-hydrogen) atoms. The van der Waals surface area contributed by atoms with Gasteiger partial charge in [0.2, 0.25) is 0 Å². The minimum atomic E-state index is -4.73. The molecule has 0 aliphatic carbocycles. The second-order valence-corrected chi connectivity index (χ2v) is 7.67. The number of fused-ring (bicyclic) bond motifs is 1. The van der Waals surface area contributed by atoms with Gasteiger partial charge in [0.25, 0.3) is 0 Å². The van der Waals surface area contributed by atoms with E-state index in [0.29, 0.717) is 29.2 Å². The molecule has 0 atom stereocenters. The second kappa shape index (κ2) is 7.71. The van der Waals surface area contributed by atoms with Gasteiger partial charge in [0.1, 0.15) is 5.75 Å². The van der Waals surface area contributed by atoms with Crippen LogP contribution in [0.25, 0.3) is 10.2 Å². The lowest BCUT2D eigenvalue weighted by Gasteiger charge is -2.09. The first-order valence-corrected chi connectivity index (χ1v) is 9.35. The van der Waals surface area contributed by atoms with Crippen LogP contribution in [-0.4, -0.2) is 25.9 Å². The zero-order chi connectivity index (χ0) is 19.6. The van der Waals surface area contributed by atoms with Gasteiger partial charge in [-0.25, -0.2) is 0 Å². The highest BCUT2D eigenvalue weighted by molar-refractivity contribution is 7.16. The Bertz CT molecular complexity index is 973. The van der Waals surface area contributed by atoms with Crippen molar-refractivity contribution in [2.45, 2.75) is 46.1 Å². The van der Waals surface area contributed by atoms with Gasteiger partial charge in [-0.15, -0.1) is 18.3 Å². The van der Waals surface area contributed by atoms with Crippen molar-refractivity contribution in [2.75, 3.05) is 0 Å². The number of aryl methyl sites for hydroxylation is 3. The third kappa shape index (κ3) is 5.09. The van der Waals surface area contributed by atoms with Crippen molar-refractivity contribution in [1.82, 2.24) is 19.6 Å². The van der Waals surface area contributed by atoms with Gasteiger partial charge in [0, 0.05) is 12.7 Å². The average molecular weight is 399 g/mol. The van der Waals surface area contributed by atoms with Gasteiger partial charge in [0.05, 0.1) is 22.5 Å². The summed E-state index contributed by atoms with van der Waals surface area (Å²) >= 11 is 1.11.